The van der Waals surface area contributed by atoms with Crippen molar-refractivity contribution in [3.05, 3.63) is 0 Å². The fourth-order valence-corrected chi connectivity index (χ4v) is 7.14. The van der Waals surface area contributed by atoms with Gasteiger partial charge in [0.05, 0.1) is 31.6 Å². The van der Waals surface area contributed by atoms with Gasteiger partial charge in [-0.15, -0.1) is 0 Å². The molecule has 5 heteroatoms. The first-order chi connectivity index (χ1) is 8.75. The van der Waals surface area contributed by atoms with Crippen LogP contribution < -0.4 is 0 Å². The smallest absolute Gasteiger partial charge is 0.254 e. The summed E-state index contributed by atoms with van der Waals surface area (Å²) in [5.41, 5.74) is -0.966. The van der Waals surface area contributed by atoms with E-state index in [0.717, 1.165) is 24.8 Å². The highest BCUT2D eigenvalue weighted by Crippen LogP contribution is 2.69. The zero-order chi connectivity index (χ0) is 14.4. The number of hydrogen-bond acceptors (Lipinski definition) is 2. The molecule has 0 heterocycles. The van der Waals surface area contributed by atoms with Crippen LogP contribution in [0.3, 0.4) is 0 Å². The maximum atomic E-state index is 10.4. The lowest BCUT2D eigenvalue weighted by Gasteiger charge is -2.33. The van der Waals surface area contributed by atoms with Crippen LogP contribution in [0, 0.1) is 11.8 Å². The molecule has 2 rings (SSSR count). The van der Waals surface area contributed by atoms with Crippen molar-refractivity contribution in [1.29, 1.82) is 0 Å². The average Bonchev–Trinajstić information content (AvgIpc) is 3.06. The molecule has 2 nitrogen and oxygen atoms in total. The first-order valence-electron chi connectivity index (χ1n) is 6.98. The van der Waals surface area contributed by atoms with E-state index in [0.29, 0.717) is 5.92 Å². The predicted octanol–water partition coefficient (Wildman–Crippen LogP) is 2.88. The minimum absolute atomic E-state index is 0.107. The van der Waals surface area contributed by atoms with Crippen LogP contribution in [0.5, 0.6) is 0 Å². The third-order valence-corrected chi connectivity index (χ3v) is 9.68. The van der Waals surface area contributed by atoms with Crippen LogP contribution in [0.4, 0.5) is 0 Å². The Kier molecular flexibility index (Phi) is 4.35. The van der Waals surface area contributed by atoms with Gasteiger partial charge in [-0.2, -0.15) is 0 Å². The van der Waals surface area contributed by atoms with E-state index in [1.165, 1.54) is 0 Å². The predicted molar refractivity (Wildman–Crippen MR) is 89.6 cm³/mol. The molecule has 19 heavy (non-hydrogen) atoms. The van der Waals surface area contributed by atoms with E-state index in [-0.39, 0.29) is 32.4 Å². The molecule has 2 radical (unpaired) electrons. The lowest BCUT2D eigenvalue weighted by Crippen LogP contribution is -2.39. The van der Waals surface area contributed by atoms with Crippen molar-refractivity contribution in [3.63, 3.8) is 0 Å². The van der Waals surface area contributed by atoms with Crippen molar-refractivity contribution in [2.24, 2.45) is 11.8 Å². The van der Waals surface area contributed by atoms with E-state index < -0.39 is 5.60 Å². The summed E-state index contributed by atoms with van der Waals surface area (Å²) >= 11 is 0. The quantitative estimate of drug-likeness (QED) is 0.603. The van der Waals surface area contributed by atoms with Crippen LogP contribution in [0.15, 0.2) is 0 Å². The van der Waals surface area contributed by atoms with E-state index in [4.69, 9.17) is 12.6 Å². The summed E-state index contributed by atoms with van der Waals surface area (Å²) in [6, 6.07) is 0. The van der Waals surface area contributed by atoms with Crippen LogP contribution in [0.25, 0.3) is 0 Å². The molecule has 0 aromatic heterocycles. The third-order valence-electron chi connectivity index (χ3n) is 5.09. The Labute approximate surface area is 120 Å². The standard InChI is InChI=1S/C14H25BO2P2/c1-6-18(4)9-19(5)8-17-14-7-11(14)12(15)13(3,16)10(14)2/h10-12,16H,4-9H2,1-3H3/q+2/t10-,11+,12+,13+,14?/m0/s1. The normalized spacial score (nSPS) is 45.8. The summed E-state index contributed by atoms with van der Waals surface area (Å²) in [4.78, 5) is 0. The molecule has 7 atom stereocenters. The van der Waals surface area contributed by atoms with Crippen LogP contribution in [-0.2, 0) is 4.74 Å². The Bertz CT molecular complexity index is 410. The average molecular weight is 298 g/mol. The second-order valence-electron chi connectivity index (χ2n) is 6.31. The van der Waals surface area contributed by atoms with E-state index in [9.17, 15) is 5.11 Å². The molecule has 1 N–H and O–H groups in total. The van der Waals surface area contributed by atoms with E-state index in [1.54, 1.807) is 0 Å². The van der Waals surface area contributed by atoms with Crippen LogP contribution in [0.2, 0.25) is 5.82 Å². The molecule has 2 saturated carbocycles. The Morgan fingerprint density at radius 1 is 1.42 bits per heavy atom. The Morgan fingerprint density at radius 3 is 2.53 bits per heavy atom. The van der Waals surface area contributed by atoms with Gasteiger partial charge in [-0.25, -0.2) is 0 Å². The number of hydrogen-bond donors (Lipinski definition) is 1. The highest BCUT2D eigenvalue weighted by molar-refractivity contribution is 7.72. The maximum Gasteiger partial charge on any atom is 0.254 e. The van der Waals surface area contributed by atoms with Gasteiger partial charge in [0.2, 0.25) is 6.35 Å². The monoisotopic (exact) mass is 298 g/mol. The molecular formula is C14H25BO2P2+2. The number of ether oxygens (including phenoxy) is 1. The van der Waals surface area contributed by atoms with Crippen molar-refractivity contribution in [1.82, 2.24) is 0 Å². The lowest BCUT2D eigenvalue weighted by atomic mass is 9.70. The molecule has 104 valence electrons. The zero-order valence-corrected chi connectivity index (χ0v) is 14.1. The molecular weight excluding hydrogens is 273 g/mol. The second-order valence-corrected chi connectivity index (χ2v) is 11.0. The molecule has 3 unspecified atom stereocenters. The fraction of sp³-hybridized carbons (Fsp3) is 0.857. The fourth-order valence-electron chi connectivity index (χ4n) is 3.33. The largest absolute Gasteiger partial charge is 0.390 e. The Hall–Kier alpha value is 0.325. The SMILES string of the molecule is [B][C@@H]1[C@H]2CC2(OC[P+](=C)C[P+](=C)CC)[C@@H](C)[C@@]1(C)O. The molecule has 0 spiro atoms. The number of fused-ring (bicyclic) bond motifs is 1. The Balaban J connectivity index is 1.92. The first kappa shape index (κ1) is 15.7. The molecule has 0 bridgehead atoms. The van der Waals surface area contributed by atoms with E-state index >= 15 is 0 Å². The summed E-state index contributed by atoms with van der Waals surface area (Å²) in [6.07, 6.45) is 11.3. The third kappa shape index (κ3) is 2.60. The van der Waals surface area contributed by atoms with Crippen LogP contribution >= 0.6 is 15.1 Å². The van der Waals surface area contributed by atoms with Gasteiger partial charge in [0.25, 0.3) is 5.90 Å². The minimum atomic E-state index is -0.796. The summed E-state index contributed by atoms with van der Waals surface area (Å²) < 4.78 is 6.20. The van der Waals surface area contributed by atoms with Crippen molar-refractivity contribution >= 4 is 35.5 Å². The van der Waals surface area contributed by atoms with Gasteiger partial charge in [-0.05, 0) is 32.0 Å². The van der Waals surface area contributed by atoms with Gasteiger partial charge in [-0.3, -0.25) is 0 Å². The van der Waals surface area contributed by atoms with E-state index in [2.05, 4.69) is 26.4 Å². The van der Waals surface area contributed by atoms with Crippen molar-refractivity contribution in [2.75, 3.05) is 18.4 Å². The Morgan fingerprint density at radius 2 is 2.05 bits per heavy atom. The molecule has 0 aliphatic heterocycles. The van der Waals surface area contributed by atoms with Crippen LogP contribution in [0.1, 0.15) is 27.2 Å². The minimum Gasteiger partial charge on any atom is -0.390 e. The van der Waals surface area contributed by atoms with Gasteiger partial charge in [0, 0.05) is 5.92 Å². The van der Waals surface area contributed by atoms with Gasteiger partial charge in [-0.1, -0.05) is 6.92 Å². The molecule has 2 aliphatic carbocycles. The summed E-state index contributed by atoms with van der Waals surface area (Å²) in [5, 5.41) is 10.4. The van der Waals surface area contributed by atoms with Gasteiger partial charge >= 0.3 is 0 Å². The van der Waals surface area contributed by atoms with Crippen molar-refractivity contribution < 1.29 is 9.84 Å². The zero-order valence-electron chi connectivity index (χ0n) is 12.3. The highest BCUT2D eigenvalue weighted by atomic mass is 31.2. The van der Waals surface area contributed by atoms with Gasteiger partial charge in [0.15, 0.2) is 7.55 Å². The van der Waals surface area contributed by atoms with Gasteiger partial charge < -0.3 is 9.84 Å². The van der Waals surface area contributed by atoms with Crippen molar-refractivity contribution in [3.8, 4) is 0 Å². The summed E-state index contributed by atoms with van der Waals surface area (Å²) in [6.45, 7) is 6.10. The lowest BCUT2D eigenvalue weighted by molar-refractivity contribution is -0.0518. The van der Waals surface area contributed by atoms with Gasteiger partial charge in [0.1, 0.15) is 13.7 Å². The molecule has 2 aliphatic rings. The highest BCUT2D eigenvalue weighted by Gasteiger charge is 2.73. The van der Waals surface area contributed by atoms with Crippen molar-refractivity contribution in [2.45, 2.75) is 44.2 Å². The number of aliphatic hydroxyl groups is 1. The van der Waals surface area contributed by atoms with E-state index in [1.807, 2.05) is 6.92 Å². The maximum absolute atomic E-state index is 10.4. The summed E-state index contributed by atoms with van der Waals surface area (Å²) in [5.74, 6) is 1.40. The summed E-state index contributed by atoms with van der Waals surface area (Å²) in [7, 11) is 5.67. The second kappa shape index (κ2) is 5.26. The molecule has 0 aromatic carbocycles. The van der Waals surface area contributed by atoms with Crippen LogP contribution in [-0.4, -0.2) is 55.2 Å². The first-order valence-corrected chi connectivity index (χ1v) is 10.8. The topological polar surface area (TPSA) is 29.5 Å². The molecule has 0 aromatic rings. The molecule has 0 saturated heterocycles. The molecule has 0 amide bonds. The number of rotatable bonds is 6. The molecule has 2 fully saturated rings.